The van der Waals surface area contributed by atoms with Gasteiger partial charge in [-0.1, -0.05) is 6.07 Å². The van der Waals surface area contributed by atoms with Gasteiger partial charge in [0.2, 0.25) is 0 Å². The molecular weight excluding hydrogens is 216 g/mol. The first-order valence-electron chi connectivity index (χ1n) is 5.34. The van der Waals surface area contributed by atoms with E-state index < -0.39 is 0 Å². The molecule has 0 spiro atoms. The average molecular weight is 230 g/mol. The Morgan fingerprint density at radius 3 is 2.94 bits per heavy atom. The highest BCUT2D eigenvalue weighted by Crippen LogP contribution is 2.02. The number of nitrogens with zero attached hydrogens (tertiary/aromatic N) is 3. The van der Waals surface area contributed by atoms with Crippen LogP contribution in [-0.4, -0.2) is 20.7 Å². The maximum Gasteiger partial charge on any atom is 0.269 e. The van der Waals surface area contributed by atoms with E-state index in [0.717, 1.165) is 11.3 Å². The summed E-state index contributed by atoms with van der Waals surface area (Å²) in [4.78, 5) is 15.8. The van der Waals surface area contributed by atoms with E-state index in [1.807, 2.05) is 19.1 Å². The van der Waals surface area contributed by atoms with Crippen molar-refractivity contribution in [1.82, 2.24) is 20.1 Å². The molecule has 0 aliphatic rings. The van der Waals surface area contributed by atoms with Crippen LogP contribution in [0.2, 0.25) is 0 Å². The first-order chi connectivity index (χ1) is 8.16. The molecule has 2 aromatic rings. The highest BCUT2D eigenvalue weighted by atomic mass is 16.2. The third-order valence-corrected chi connectivity index (χ3v) is 2.41. The molecule has 88 valence electrons. The number of rotatable bonds is 3. The van der Waals surface area contributed by atoms with Crippen LogP contribution in [0.1, 0.15) is 21.7 Å². The van der Waals surface area contributed by atoms with E-state index in [-0.39, 0.29) is 5.91 Å². The van der Waals surface area contributed by atoms with Crippen molar-refractivity contribution in [3.63, 3.8) is 0 Å². The SMILES string of the molecule is Cc1cc(C(=O)NCc2cccnc2)n(C)n1. The Bertz CT molecular complexity index is 519. The normalized spacial score (nSPS) is 10.2. The molecule has 5 nitrogen and oxygen atoms in total. The number of hydrogen-bond acceptors (Lipinski definition) is 3. The van der Waals surface area contributed by atoms with Gasteiger partial charge in [-0.05, 0) is 24.6 Å². The molecule has 0 radical (unpaired) electrons. The minimum atomic E-state index is -0.128. The van der Waals surface area contributed by atoms with Crippen molar-refractivity contribution in [2.45, 2.75) is 13.5 Å². The van der Waals surface area contributed by atoms with E-state index in [1.165, 1.54) is 0 Å². The summed E-state index contributed by atoms with van der Waals surface area (Å²) in [7, 11) is 1.76. The maximum atomic E-state index is 11.9. The molecule has 0 fully saturated rings. The van der Waals surface area contributed by atoms with Crippen LogP contribution in [0.5, 0.6) is 0 Å². The van der Waals surface area contributed by atoms with Crippen LogP contribution in [0.3, 0.4) is 0 Å². The molecule has 2 heterocycles. The molecule has 2 rings (SSSR count). The van der Waals surface area contributed by atoms with Gasteiger partial charge >= 0.3 is 0 Å². The fourth-order valence-corrected chi connectivity index (χ4v) is 1.60. The Kier molecular flexibility index (Phi) is 3.18. The van der Waals surface area contributed by atoms with E-state index in [0.29, 0.717) is 12.2 Å². The van der Waals surface area contributed by atoms with Gasteiger partial charge in [-0.3, -0.25) is 14.5 Å². The molecule has 1 amide bonds. The zero-order valence-corrected chi connectivity index (χ0v) is 9.84. The van der Waals surface area contributed by atoms with Gasteiger partial charge < -0.3 is 5.32 Å². The van der Waals surface area contributed by atoms with Gasteiger partial charge in [0.15, 0.2) is 0 Å². The quantitative estimate of drug-likeness (QED) is 0.857. The highest BCUT2D eigenvalue weighted by molar-refractivity contribution is 5.92. The monoisotopic (exact) mass is 230 g/mol. The molecular formula is C12H14N4O. The van der Waals surface area contributed by atoms with E-state index in [4.69, 9.17) is 0 Å². The lowest BCUT2D eigenvalue weighted by molar-refractivity contribution is 0.0941. The Labute approximate surface area is 99.5 Å². The maximum absolute atomic E-state index is 11.9. The molecule has 0 aliphatic carbocycles. The first kappa shape index (κ1) is 11.3. The van der Waals surface area contributed by atoms with Crippen LogP contribution in [0.15, 0.2) is 30.6 Å². The molecule has 2 aromatic heterocycles. The van der Waals surface area contributed by atoms with Crippen molar-refractivity contribution in [2.75, 3.05) is 0 Å². The van der Waals surface area contributed by atoms with E-state index in [2.05, 4.69) is 15.4 Å². The number of pyridine rings is 1. The summed E-state index contributed by atoms with van der Waals surface area (Å²) in [5.41, 5.74) is 2.37. The molecule has 1 N–H and O–H groups in total. The number of hydrogen-bond donors (Lipinski definition) is 1. The van der Waals surface area contributed by atoms with Crippen molar-refractivity contribution in [3.05, 3.63) is 47.5 Å². The largest absolute Gasteiger partial charge is 0.347 e. The minimum Gasteiger partial charge on any atom is -0.347 e. The van der Waals surface area contributed by atoms with Crippen molar-refractivity contribution < 1.29 is 4.79 Å². The highest BCUT2D eigenvalue weighted by Gasteiger charge is 2.10. The summed E-state index contributed by atoms with van der Waals surface area (Å²) in [5.74, 6) is -0.128. The first-order valence-corrected chi connectivity index (χ1v) is 5.34. The van der Waals surface area contributed by atoms with Crippen LogP contribution < -0.4 is 5.32 Å². The molecule has 0 saturated carbocycles. The number of carbonyl (C=O) groups is 1. The molecule has 0 aromatic carbocycles. The summed E-state index contributed by atoms with van der Waals surface area (Å²) in [6.07, 6.45) is 3.44. The standard InChI is InChI=1S/C12H14N4O/c1-9-6-11(16(2)15-9)12(17)14-8-10-4-3-5-13-7-10/h3-7H,8H2,1-2H3,(H,14,17). The smallest absolute Gasteiger partial charge is 0.269 e. The van der Waals surface area contributed by atoms with E-state index in [1.54, 1.807) is 30.2 Å². The van der Waals surface area contributed by atoms with Crippen molar-refractivity contribution in [3.8, 4) is 0 Å². The number of aromatic nitrogens is 3. The summed E-state index contributed by atoms with van der Waals surface area (Å²) < 4.78 is 1.58. The fourth-order valence-electron chi connectivity index (χ4n) is 1.60. The fraction of sp³-hybridized carbons (Fsp3) is 0.250. The predicted molar refractivity (Wildman–Crippen MR) is 63.4 cm³/mol. The summed E-state index contributed by atoms with van der Waals surface area (Å²) in [5, 5.41) is 6.96. The van der Waals surface area contributed by atoms with Crippen molar-refractivity contribution in [1.29, 1.82) is 0 Å². The van der Waals surface area contributed by atoms with Gasteiger partial charge in [-0.25, -0.2) is 0 Å². The van der Waals surface area contributed by atoms with Gasteiger partial charge in [0.05, 0.1) is 5.69 Å². The van der Waals surface area contributed by atoms with E-state index >= 15 is 0 Å². The van der Waals surface area contributed by atoms with Gasteiger partial charge in [0.1, 0.15) is 5.69 Å². The van der Waals surface area contributed by atoms with Crippen LogP contribution >= 0.6 is 0 Å². The molecule has 0 unspecified atom stereocenters. The summed E-state index contributed by atoms with van der Waals surface area (Å²) >= 11 is 0. The molecule has 17 heavy (non-hydrogen) atoms. The zero-order chi connectivity index (χ0) is 12.3. The molecule has 0 aliphatic heterocycles. The van der Waals surface area contributed by atoms with Gasteiger partial charge in [0.25, 0.3) is 5.91 Å². The van der Waals surface area contributed by atoms with Crippen LogP contribution in [0, 0.1) is 6.92 Å². The molecule has 5 heteroatoms. The topological polar surface area (TPSA) is 59.8 Å². The Balaban J connectivity index is 2.01. The minimum absolute atomic E-state index is 0.128. The van der Waals surface area contributed by atoms with Crippen LogP contribution in [-0.2, 0) is 13.6 Å². The lowest BCUT2D eigenvalue weighted by Crippen LogP contribution is -2.25. The Hall–Kier alpha value is -2.17. The predicted octanol–water partition coefficient (Wildman–Crippen LogP) is 1.05. The second kappa shape index (κ2) is 4.78. The summed E-state index contributed by atoms with van der Waals surface area (Å²) in [6, 6.07) is 5.52. The van der Waals surface area contributed by atoms with Crippen molar-refractivity contribution in [2.24, 2.45) is 7.05 Å². The summed E-state index contributed by atoms with van der Waals surface area (Å²) in [6.45, 7) is 2.33. The van der Waals surface area contributed by atoms with Gasteiger partial charge in [0, 0.05) is 26.0 Å². The number of nitrogens with one attached hydrogen (secondary N) is 1. The molecule has 0 atom stereocenters. The average Bonchev–Trinajstić information content (AvgIpc) is 2.67. The zero-order valence-electron chi connectivity index (χ0n) is 9.84. The number of aryl methyl sites for hydroxylation is 2. The third kappa shape index (κ3) is 2.69. The Morgan fingerprint density at radius 2 is 2.35 bits per heavy atom. The third-order valence-electron chi connectivity index (χ3n) is 2.41. The number of amides is 1. The number of carbonyl (C=O) groups excluding carboxylic acids is 1. The lowest BCUT2D eigenvalue weighted by atomic mass is 10.3. The van der Waals surface area contributed by atoms with Gasteiger partial charge in [-0.2, -0.15) is 5.10 Å². The second-order valence-electron chi connectivity index (χ2n) is 3.84. The molecule has 0 saturated heterocycles. The van der Waals surface area contributed by atoms with Crippen molar-refractivity contribution >= 4 is 5.91 Å². The van der Waals surface area contributed by atoms with Gasteiger partial charge in [-0.15, -0.1) is 0 Å². The van der Waals surface area contributed by atoms with Crippen LogP contribution in [0.25, 0.3) is 0 Å². The van der Waals surface area contributed by atoms with Crippen LogP contribution in [0.4, 0.5) is 0 Å². The second-order valence-corrected chi connectivity index (χ2v) is 3.84. The lowest BCUT2D eigenvalue weighted by Gasteiger charge is -2.04. The van der Waals surface area contributed by atoms with E-state index in [9.17, 15) is 4.79 Å². The Morgan fingerprint density at radius 1 is 1.53 bits per heavy atom. The molecule has 0 bridgehead atoms.